The minimum absolute atomic E-state index is 0.0565. The molecule has 2 rings (SSSR count). The molecule has 1 atom stereocenters. The molecule has 0 radical (unpaired) electrons. The Balaban J connectivity index is 2.01. The minimum atomic E-state index is -0.270. The number of nitrogens with one attached hydrogen (secondary N) is 2. The average Bonchev–Trinajstić information content (AvgIpc) is 2.40. The monoisotopic (exact) mass is 255 g/mol. The summed E-state index contributed by atoms with van der Waals surface area (Å²) in [5, 5.41) is 5.54. The number of carbonyl (C=O) groups is 1. The second-order valence-corrected chi connectivity index (χ2v) is 4.36. The fourth-order valence-electron chi connectivity index (χ4n) is 1.71. The molecule has 19 heavy (non-hydrogen) atoms. The molecular weight excluding hydrogens is 238 g/mol. The first-order valence-corrected chi connectivity index (χ1v) is 6.14. The van der Waals surface area contributed by atoms with Gasteiger partial charge in [-0.05, 0) is 36.8 Å². The van der Waals surface area contributed by atoms with Crippen molar-refractivity contribution in [3.63, 3.8) is 0 Å². The lowest BCUT2D eigenvalue weighted by atomic mass is 10.1. The van der Waals surface area contributed by atoms with Crippen LogP contribution in [0.4, 0.5) is 16.2 Å². The smallest absolute Gasteiger partial charge is 0.323 e. The maximum absolute atomic E-state index is 11.8. The molecule has 2 aromatic rings. The van der Waals surface area contributed by atoms with E-state index in [1.807, 2.05) is 61.5 Å². The normalized spacial score (nSPS) is 11.7. The second kappa shape index (κ2) is 6.02. The van der Waals surface area contributed by atoms with Crippen LogP contribution < -0.4 is 16.4 Å². The lowest BCUT2D eigenvalue weighted by molar-refractivity contribution is 0.262. The molecule has 0 spiro atoms. The number of nitrogens with two attached hydrogens (primary N) is 1. The quantitative estimate of drug-likeness (QED) is 0.787. The summed E-state index contributed by atoms with van der Waals surface area (Å²) in [5.74, 6) is 0. The molecule has 2 aromatic carbocycles. The SMILES string of the molecule is CC(N)c1cccc(NC(=O)Nc2ccccc2)c1. The molecule has 4 nitrogen and oxygen atoms in total. The van der Waals surface area contributed by atoms with Gasteiger partial charge in [0.25, 0.3) is 0 Å². The molecule has 0 aromatic heterocycles. The molecule has 4 N–H and O–H groups in total. The summed E-state index contributed by atoms with van der Waals surface area (Å²) in [5.41, 5.74) is 8.27. The van der Waals surface area contributed by atoms with E-state index in [4.69, 9.17) is 5.73 Å². The van der Waals surface area contributed by atoms with Crippen LogP contribution in [0.5, 0.6) is 0 Å². The largest absolute Gasteiger partial charge is 0.324 e. The fraction of sp³-hybridized carbons (Fsp3) is 0.133. The van der Waals surface area contributed by atoms with Crippen LogP contribution in [0.2, 0.25) is 0 Å². The van der Waals surface area contributed by atoms with Gasteiger partial charge in [-0.25, -0.2) is 4.79 Å². The van der Waals surface area contributed by atoms with Gasteiger partial charge in [0, 0.05) is 17.4 Å². The van der Waals surface area contributed by atoms with Gasteiger partial charge in [0.1, 0.15) is 0 Å². The van der Waals surface area contributed by atoms with Crippen molar-refractivity contribution in [1.29, 1.82) is 0 Å². The zero-order chi connectivity index (χ0) is 13.7. The molecule has 0 heterocycles. The summed E-state index contributed by atoms with van der Waals surface area (Å²) in [6, 6.07) is 16.5. The Bertz CT molecular complexity index is 552. The number of hydrogen-bond donors (Lipinski definition) is 3. The lowest BCUT2D eigenvalue weighted by Crippen LogP contribution is -2.19. The second-order valence-electron chi connectivity index (χ2n) is 4.36. The zero-order valence-electron chi connectivity index (χ0n) is 10.8. The maximum Gasteiger partial charge on any atom is 0.323 e. The zero-order valence-corrected chi connectivity index (χ0v) is 10.8. The summed E-state index contributed by atoms with van der Waals surface area (Å²) in [6.45, 7) is 1.91. The van der Waals surface area contributed by atoms with Crippen molar-refractivity contribution in [3.05, 3.63) is 60.2 Å². The van der Waals surface area contributed by atoms with E-state index in [2.05, 4.69) is 10.6 Å². The summed E-state index contributed by atoms with van der Waals surface area (Å²) in [4.78, 5) is 11.8. The van der Waals surface area contributed by atoms with Gasteiger partial charge in [-0.15, -0.1) is 0 Å². The molecule has 0 saturated carbocycles. The van der Waals surface area contributed by atoms with Crippen molar-refractivity contribution >= 4 is 17.4 Å². The number of hydrogen-bond acceptors (Lipinski definition) is 2. The Morgan fingerprint density at radius 1 is 1.00 bits per heavy atom. The van der Waals surface area contributed by atoms with Crippen LogP contribution in [0, 0.1) is 0 Å². The van der Waals surface area contributed by atoms with Crippen molar-refractivity contribution < 1.29 is 4.79 Å². The highest BCUT2D eigenvalue weighted by Crippen LogP contribution is 2.16. The number of benzene rings is 2. The van der Waals surface area contributed by atoms with E-state index in [0.717, 1.165) is 16.9 Å². The Labute approximate surface area is 112 Å². The van der Waals surface area contributed by atoms with Gasteiger partial charge >= 0.3 is 6.03 Å². The molecule has 0 aliphatic heterocycles. The standard InChI is InChI=1S/C15H17N3O/c1-11(16)12-6-5-9-14(10-12)18-15(19)17-13-7-3-2-4-8-13/h2-11H,16H2,1H3,(H2,17,18,19). The molecule has 98 valence electrons. The van der Waals surface area contributed by atoms with Crippen molar-refractivity contribution in [1.82, 2.24) is 0 Å². The Morgan fingerprint density at radius 3 is 2.32 bits per heavy atom. The highest BCUT2D eigenvalue weighted by Gasteiger charge is 2.04. The third-order valence-electron chi connectivity index (χ3n) is 2.70. The minimum Gasteiger partial charge on any atom is -0.324 e. The number of anilines is 2. The van der Waals surface area contributed by atoms with Crippen LogP contribution in [0.1, 0.15) is 18.5 Å². The number of rotatable bonds is 3. The van der Waals surface area contributed by atoms with Gasteiger partial charge in [0.2, 0.25) is 0 Å². The fourth-order valence-corrected chi connectivity index (χ4v) is 1.71. The van der Waals surface area contributed by atoms with Crippen LogP contribution >= 0.6 is 0 Å². The molecule has 1 unspecified atom stereocenters. The Hall–Kier alpha value is -2.33. The number of amides is 2. The molecule has 0 aliphatic carbocycles. The van der Waals surface area contributed by atoms with Gasteiger partial charge in [-0.1, -0.05) is 30.3 Å². The van der Waals surface area contributed by atoms with Gasteiger partial charge in [0.15, 0.2) is 0 Å². The van der Waals surface area contributed by atoms with Gasteiger partial charge < -0.3 is 16.4 Å². The maximum atomic E-state index is 11.8. The summed E-state index contributed by atoms with van der Waals surface area (Å²) in [7, 11) is 0. The molecule has 0 bridgehead atoms. The predicted molar refractivity (Wildman–Crippen MR) is 78.1 cm³/mol. The number of para-hydroxylation sites is 1. The van der Waals surface area contributed by atoms with Gasteiger partial charge in [0.05, 0.1) is 0 Å². The van der Waals surface area contributed by atoms with Crippen LogP contribution in [0.25, 0.3) is 0 Å². The summed E-state index contributed by atoms with van der Waals surface area (Å²) in [6.07, 6.45) is 0. The first kappa shape index (κ1) is 13.1. The molecule has 0 fully saturated rings. The van der Waals surface area contributed by atoms with Crippen molar-refractivity contribution in [2.24, 2.45) is 5.73 Å². The third-order valence-corrected chi connectivity index (χ3v) is 2.70. The van der Waals surface area contributed by atoms with E-state index >= 15 is 0 Å². The highest BCUT2D eigenvalue weighted by molar-refractivity contribution is 5.99. The molecule has 4 heteroatoms. The Kier molecular flexibility index (Phi) is 4.15. The summed E-state index contributed by atoms with van der Waals surface area (Å²) < 4.78 is 0. The average molecular weight is 255 g/mol. The topological polar surface area (TPSA) is 67.1 Å². The number of carbonyl (C=O) groups excluding carboxylic acids is 1. The van der Waals surface area contributed by atoms with Crippen molar-refractivity contribution in [3.8, 4) is 0 Å². The van der Waals surface area contributed by atoms with Gasteiger partial charge in [-0.2, -0.15) is 0 Å². The lowest BCUT2D eigenvalue weighted by Gasteiger charge is -2.10. The summed E-state index contributed by atoms with van der Waals surface area (Å²) >= 11 is 0. The van der Waals surface area contributed by atoms with E-state index in [1.54, 1.807) is 0 Å². The highest BCUT2D eigenvalue weighted by atomic mass is 16.2. The van der Waals surface area contributed by atoms with Crippen LogP contribution in [0.15, 0.2) is 54.6 Å². The molecule has 0 aliphatic rings. The number of urea groups is 1. The van der Waals surface area contributed by atoms with Gasteiger partial charge in [-0.3, -0.25) is 0 Å². The predicted octanol–water partition coefficient (Wildman–Crippen LogP) is 3.35. The van der Waals surface area contributed by atoms with E-state index in [-0.39, 0.29) is 12.1 Å². The van der Waals surface area contributed by atoms with Crippen LogP contribution in [-0.2, 0) is 0 Å². The van der Waals surface area contributed by atoms with E-state index in [9.17, 15) is 4.79 Å². The molecule has 2 amide bonds. The van der Waals surface area contributed by atoms with Crippen LogP contribution in [-0.4, -0.2) is 6.03 Å². The third kappa shape index (κ3) is 3.82. The van der Waals surface area contributed by atoms with E-state index in [1.165, 1.54) is 0 Å². The van der Waals surface area contributed by atoms with Crippen molar-refractivity contribution in [2.75, 3.05) is 10.6 Å². The molecule has 0 saturated heterocycles. The molecular formula is C15H17N3O. The first-order valence-electron chi connectivity index (χ1n) is 6.14. The Morgan fingerprint density at radius 2 is 1.63 bits per heavy atom. The van der Waals surface area contributed by atoms with E-state index in [0.29, 0.717) is 0 Å². The van der Waals surface area contributed by atoms with Crippen molar-refractivity contribution in [2.45, 2.75) is 13.0 Å². The van der Waals surface area contributed by atoms with Crippen LogP contribution in [0.3, 0.4) is 0 Å². The first-order chi connectivity index (χ1) is 9.15. The van der Waals surface area contributed by atoms with E-state index < -0.39 is 0 Å².